The summed E-state index contributed by atoms with van der Waals surface area (Å²) in [5.74, 6) is -2.37. The average molecular weight is 209 g/mol. The molecule has 0 N–H and O–H groups in total. The van der Waals surface area contributed by atoms with Crippen molar-refractivity contribution in [1.82, 2.24) is 9.55 Å². The molecule has 0 aliphatic rings. The summed E-state index contributed by atoms with van der Waals surface area (Å²) in [5, 5.41) is 20.4. The van der Waals surface area contributed by atoms with Gasteiger partial charge in [0.1, 0.15) is 12.2 Å². The minimum absolute atomic E-state index is 0. The molecule has 0 unspecified atom stereocenters. The summed E-state index contributed by atoms with van der Waals surface area (Å²) in [6, 6.07) is 0. The van der Waals surface area contributed by atoms with Gasteiger partial charge in [0, 0.05) is 0 Å². The van der Waals surface area contributed by atoms with Gasteiger partial charge in [-0.2, -0.15) is 0 Å². The molecule has 1 aromatic heterocycles. The third kappa shape index (κ3) is 2.58. The number of aromatic nitrogens is 2. The molecule has 7 nitrogen and oxygen atoms in total. The average Bonchev–Trinajstić information content (AvgIpc) is 2.30. The monoisotopic (exact) mass is 209 g/mol. The molecule has 13 heavy (non-hydrogen) atoms. The van der Waals surface area contributed by atoms with Gasteiger partial charge in [0.2, 0.25) is 5.82 Å². The minimum Gasteiger partial charge on any atom is -0.540 e. The van der Waals surface area contributed by atoms with Crippen LogP contribution in [0.4, 0.5) is 5.82 Å². The fraction of sp³-hybridized carbons (Fsp3) is 0.200. The van der Waals surface area contributed by atoms with Crippen LogP contribution >= 0.6 is 0 Å². The normalized spacial score (nSPS) is 9.00. The Kier molecular flexibility index (Phi) is 4.71. The Morgan fingerprint density at radius 2 is 2.23 bits per heavy atom. The maximum absolute atomic E-state index is 10.2. The number of carboxylic acids is 1. The van der Waals surface area contributed by atoms with E-state index in [4.69, 9.17) is 0 Å². The summed E-state index contributed by atoms with van der Waals surface area (Å²) in [6.07, 6.45) is 0.866. The fourth-order valence-electron chi connectivity index (χ4n) is 0.760. The molecule has 0 bridgehead atoms. The van der Waals surface area contributed by atoms with E-state index in [1.807, 2.05) is 0 Å². The standard InChI is InChI=1S/C5H5N3O4.K/c1-7-3(8(11)12)2-6-4(7)5(9)10;/h2H,1H3,(H,9,10);/q;+1/p-1. The number of carbonyl (C=O) groups excluding carboxylic acids is 1. The molecule has 1 rings (SSSR count). The second-order valence-corrected chi connectivity index (χ2v) is 2.04. The third-order valence-electron chi connectivity index (χ3n) is 1.33. The Labute approximate surface area is 115 Å². The molecule has 0 aliphatic carbocycles. The van der Waals surface area contributed by atoms with Crippen LogP contribution in [0.3, 0.4) is 0 Å². The Morgan fingerprint density at radius 3 is 2.46 bits per heavy atom. The van der Waals surface area contributed by atoms with Crippen molar-refractivity contribution in [2.75, 3.05) is 0 Å². The first kappa shape index (κ1) is 12.7. The quantitative estimate of drug-likeness (QED) is 0.278. The molecule has 0 fully saturated rings. The van der Waals surface area contributed by atoms with Crippen molar-refractivity contribution in [1.29, 1.82) is 0 Å². The SMILES string of the molecule is Cn1c([N+](=O)[O-])cnc1C(=O)[O-].[K+]. The molecule has 0 saturated carbocycles. The van der Waals surface area contributed by atoms with Gasteiger partial charge >= 0.3 is 57.2 Å². The van der Waals surface area contributed by atoms with Crippen LogP contribution in [0, 0.1) is 10.1 Å². The number of hydrogen-bond acceptors (Lipinski definition) is 5. The van der Waals surface area contributed by atoms with Gasteiger partial charge in [0.25, 0.3) is 0 Å². The van der Waals surface area contributed by atoms with Gasteiger partial charge in [-0.15, -0.1) is 0 Å². The van der Waals surface area contributed by atoms with Crippen LogP contribution in [0.1, 0.15) is 10.6 Å². The first-order chi connectivity index (χ1) is 5.54. The van der Waals surface area contributed by atoms with Crippen LogP contribution in [0.15, 0.2) is 6.20 Å². The predicted octanol–water partition coefficient (Wildman–Crippen LogP) is -4.30. The molecule has 0 atom stereocenters. The molecule has 0 radical (unpaired) electrons. The van der Waals surface area contributed by atoms with E-state index in [0.717, 1.165) is 10.8 Å². The predicted molar refractivity (Wildman–Crippen MR) is 34.2 cm³/mol. The number of carbonyl (C=O) groups is 1. The largest absolute Gasteiger partial charge is 1.00 e. The Balaban J connectivity index is 0.00000144. The Hall–Kier alpha value is -0.284. The second-order valence-electron chi connectivity index (χ2n) is 2.04. The van der Waals surface area contributed by atoms with E-state index in [-0.39, 0.29) is 57.2 Å². The van der Waals surface area contributed by atoms with Crippen LogP contribution < -0.4 is 56.5 Å². The number of hydrogen-bond donors (Lipinski definition) is 0. The first-order valence-corrected chi connectivity index (χ1v) is 2.91. The van der Waals surface area contributed by atoms with Crippen molar-refractivity contribution in [2.45, 2.75) is 0 Å². The zero-order chi connectivity index (χ0) is 9.30. The van der Waals surface area contributed by atoms with Crippen LogP contribution in [-0.4, -0.2) is 20.4 Å². The van der Waals surface area contributed by atoms with E-state index in [1.165, 1.54) is 7.05 Å². The smallest absolute Gasteiger partial charge is 0.540 e. The molecule has 0 aliphatic heterocycles. The van der Waals surface area contributed by atoms with Crippen molar-refractivity contribution in [2.24, 2.45) is 7.05 Å². The van der Waals surface area contributed by atoms with Crippen LogP contribution in [-0.2, 0) is 7.05 Å². The third-order valence-corrected chi connectivity index (χ3v) is 1.33. The minimum atomic E-state index is -1.54. The van der Waals surface area contributed by atoms with Crippen LogP contribution in [0.2, 0.25) is 0 Å². The number of rotatable bonds is 2. The van der Waals surface area contributed by atoms with Gasteiger partial charge in [-0.25, -0.2) is 9.55 Å². The van der Waals surface area contributed by atoms with E-state index in [2.05, 4.69) is 4.98 Å². The maximum atomic E-state index is 10.2. The summed E-state index contributed by atoms with van der Waals surface area (Å²) in [5.41, 5.74) is 0. The van der Waals surface area contributed by atoms with E-state index in [1.54, 1.807) is 0 Å². The number of aromatic carboxylic acids is 1. The Morgan fingerprint density at radius 1 is 1.69 bits per heavy atom. The van der Waals surface area contributed by atoms with Crippen molar-refractivity contribution >= 4 is 11.8 Å². The van der Waals surface area contributed by atoms with E-state index in [9.17, 15) is 20.0 Å². The number of nitro groups is 1. The fourth-order valence-corrected chi connectivity index (χ4v) is 0.760. The van der Waals surface area contributed by atoms with Crippen molar-refractivity contribution in [3.63, 3.8) is 0 Å². The summed E-state index contributed by atoms with van der Waals surface area (Å²) in [4.78, 5) is 23.0. The number of carboxylic acid groups (broad SMARTS) is 1. The summed E-state index contributed by atoms with van der Waals surface area (Å²) in [7, 11) is 1.23. The maximum Gasteiger partial charge on any atom is 1.00 e. The van der Waals surface area contributed by atoms with Gasteiger partial charge in [-0.3, -0.25) is 0 Å². The molecular weight excluding hydrogens is 205 g/mol. The zero-order valence-electron chi connectivity index (χ0n) is 7.05. The molecule has 8 heteroatoms. The van der Waals surface area contributed by atoms with Gasteiger partial charge in [-0.1, -0.05) is 0 Å². The molecule has 0 saturated heterocycles. The summed E-state index contributed by atoms with van der Waals surface area (Å²) < 4.78 is 0.843. The molecular formula is C5H4KN3O4. The molecule has 0 aromatic carbocycles. The van der Waals surface area contributed by atoms with E-state index in [0.29, 0.717) is 0 Å². The summed E-state index contributed by atoms with van der Waals surface area (Å²) in [6.45, 7) is 0. The van der Waals surface area contributed by atoms with Gasteiger partial charge in [-0.05, 0) is 4.92 Å². The summed E-state index contributed by atoms with van der Waals surface area (Å²) >= 11 is 0. The number of nitrogens with zero attached hydrogens (tertiary/aromatic N) is 3. The van der Waals surface area contributed by atoms with Gasteiger partial charge in [0.05, 0.1) is 7.05 Å². The Bertz CT molecular complexity index is 316. The first-order valence-electron chi connectivity index (χ1n) is 2.91. The molecule has 0 amide bonds. The van der Waals surface area contributed by atoms with Crippen LogP contribution in [0.25, 0.3) is 0 Å². The van der Waals surface area contributed by atoms with Crippen LogP contribution in [0.5, 0.6) is 0 Å². The molecule has 1 aromatic rings. The van der Waals surface area contributed by atoms with E-state index < -0.39 is 16.7 Å². The number of imidazole rings is 1. The zero-order valence-corrected chi connectivity index (χ0v) is 10.2. The van der Waals surface area contributed by atoms with Crippen molar-refractivity contribution < 1.29 is 66.2 Å². The van der Waals surface area contributed by atoms with Gasteiger partial charge < -0.3 is 20.0 Å². The molecule has 0 spiro atoms. The molecule has 1 heterocycles. The van der Waals surface area contributed by atoms with Crippen molar-refractivity contribution in [3.8, 4) is 0 Å². The van der Waals surface area contributed by atoms with E-state index >= 15 is 0 Å². The second kappa shape index (κ2) is 4.82. The van der Waals surface area contributed by atoms with Gasteiger partial charge in [0.15, 0.2) is 0 Å². The van der Waals surface area contributed by atoms with Crippen molar-refractivity contribution in [3.05, 3.63) is 22.1 Å². The molecule has 64 valence electrons. The topological polar surface area (TPSA) is 101 Å².